The predicted octanol–water partition coefficient (Wildman–Crippen LogP) is 3.35. The molecule has 1 amide bonds. The third kappa shape index (κ3) is 3.59. The minimum Gasteiger partial charge on any atom is -0.481 e. The Bertz CT molecular complexity index is 613. The fraction of sp³-hybridized carbons (Fsp3) is 0.143. The average molecular weight is 310 g/mol. The van der Waals surface area contributed by atoms with Gasteiger partial charge in [-0.15, -0.1) is 11.3 Å². The van der Waals surface area contributed by atoms with Crippen LogP contribution in [-0.4, -0.2) is 17.0 Å². The molecule has 0 aliphatic heterocycles. The molecular weight excluding hydrogens is 298 g/mol. The van der Waals surface area contributed by atoms with Crippen LogP contribution in [0.3, 0.4) is 0 Å². The monoisotopic (exact) mass is 309 g/mol. The van der Waals surface area contributed by atoms with Crippen LogP contribution in [0.25, 0.3) is 0 Å². The van der Waals surface area contributed by atoms with Crippen molar-refractivity contribution < 1.29 is 14.7 Å². The van der Waals surface area contributed by atoms with Crippen LogP contribution >= 0.6 is 22.9 Å². The van der Waals surface area contributed by atoms with Crippen molar-refractivity contribution in [3.05, 3.63) is 57.2 Å². The highest BCUT2D eigenvalue weighted by Gasteiger charge is 2.20. The molecule has 2 N–H and O–H groups in total. The maximum absolute atomic E-state index is 12.2. The summed E-state index contributed by atoms with van der Waals surface area (Å²) in [6, 6.07) is 9.71. The highest BCUT2D eigenvalue weighted by molar-refractivity contribution is 7.10. The smallest absolute Gasteiger partial charge is 0.305 e. The second kappa shape index (κ2) is 6.54. The van der Waals surface area contributed by atoms with Gasteiger partial charge in [-0.2, -0.15) is 0 Å². The Hall–Kier alpha value is -1.85. The third-order valence-electron chi connectivity index (χ3n) is 2.69. The van der Waals surface area contributed by atoms with Crippen LogP contribution < -0.4 is 5.32 Å². The summed E-state index contributed by atoms with van der Waals surface area (Å²) in [5, 5.41) is 13.8. The first kappa shape index (κ1) is 14.6. The van der Waals surface area contributed by atoms with Gasteiger partial charge < -0.3 is 10.4 Å². The van der Waals surface area contributed by atoms with Crippen LogP contribution in [0, 0.1) is 0 Å². The zero-order valence-corrected chi connectivity index (χ0v) is 11.9. The van der Waals surface area contributed by atoms with Crippen LogP contribution in [-0.2, 0) is 4.79 Å². The van der Waals surface area contributed by atoms with E-state index in [4.69, 9.17) is 16.7 Å². The predicted molar refractivity (Wildman–Crippen MR) is 78.2 cm³/mol. The molecule has 0 saturated carbocycles. The highest BCUT2D eigenvalue weighted by Crippen LogP contribution is 2.23. The molecule has 1 aromatic carbocycles. The van der Waals surface area contributed by atoms with Gasteiger partial charge in [-0.1, -0.05) is 29.8 Å². The number of hydrogen-bond acceptors (Lipinski definition) is 3. The summed E-state index contributed by atoms with van der Waals surface area (Å²) in [6.45, 7) is 0. The van der Waals surface area contributed by atoms with Crippen LogP contribution in [0.2, 0.25) is 5.02 Å². The van der Waals surface area contributed by atoms with Crippen molar-refractivity contribution in [1.29, 1.82) is 0 Å². The number of thiophene rings is 1. The van der Waals surface area contributed by atoms with Gasteiger partial charge in [0.15, 0.2) is 0 Å². The molecule has 0 aliphatic rings. The first-order valence-corrected chi connectivity index (χ1v) is 7.14. The van der Waals surface area contributed by atoms with Gasteiger partial charge in [-0.25, -0.2) is 0 Å². The summed E-state index contributed by atoms with van der Waals surface area (Å²) in [4.78, 5) is 23.9. The van der Waals surface area contributed by atoms with Crippen LogP contribution in [0.1, 0.15) is 27.7 Å². The van der Waals surface area contributed by atoms with Gasteiger partial charge in [0, 0.05) is 4.88 Å². The van der Waals surface area contributed by atoms with Crippen LogP contribution in [0.4, 0.5) is 0 Å². The van der Waals surface area contributed by atoms with E-state index < -0.39 is 12.0 Å². The van der Waals surface area contributed by atoms with Crippen molar-refractivity contribution in [3.63, 3.8) is 0 Å². The molecule has 0 radical (unpaired) electrons. The van der Waals surface area contributed by atoms with Crippen LogP contribution in [0.5, 0.6) is 0 Å². The summed E-state index contributed by atoms with van der Waals surface area (Å²) >= 11 is 7.36. The molecule has 104 valence electrons. The van der Waals surface area contributed by atoms with E-state index in [0.717, 1.165) is 4.88 Å². The normalized spacial score (nSPS) is 11.8. The third-order valence-corrected chi connectivity index (χ3v) is 4.00. The molecule has 0 saturated heterocycles. The molecule has 4 nitrogen and oxygen atoms in total. The Labute approximate surface area is 125 Å². The van der Waals surface area contributed by atoms with Crippen molar-refractivity contribution in [3.8, 4) is 0 Å². The lowest BCUT2D eigenvalue weighted by atomic mass is 10.1. The topological polar surface area (TPSA) is 66.4 Å². The quantitative estimate of drug-likeness (QED) is 0.890. The average Bonchev–Trinajstić information content (AvgIpc) is 2.91. The lowest BCUT2D eigenvalue weighted by molar-refractivity contribution is -0.137. The van der Waals surface area contributed by atoms with E-state index in [1.807, 2.05) is 11.4 Å². The number of halogens is 1. The largest absolute Gasteiger partial charge is 0.481 e. The Morgan fingerprint density at radius 1 is 1.25 bits per heavy atom. The van der Waals surface area contributed by atoms with Crippen molar-refractivity contribution in [2.45, 2.75) is 12.5 Å². The van der Waals surface area contributed by atoms with Gasteiger partial charge >= 0.3 is 5.97 Å². The first-order valence-electron chi connectivity index (χ1n) is 5.88. The Morgan fingerprint density at radius 2 is 2.00 bits per heavy atom. The first-order chi connectivity index (χ1) is 9.58. The number of hydrogen-bond donors (Lipinski definition) is 2. The maximum Gasteiger partial charge on any atom is 0.305 e. The molecule has 1 heterocycles. The number of carboxylic acid groups (broad SMARTS) is 1. The molecule has 0 aliphatic carbocycles. The van der Waals surface area contributed by atoms with Gasteiger partial charge in [0.05, 0.1) is 23.0 Å². The SMILES string of the molecule is O=C(O)C[C@@H](NC(=O)c1ccccc1Cl)c1cccs1. The zero-order chi connectivity index (χ0) is 14.5. The Kier molecular flexibility index (Phi) is 4.76. The van der Waals surface area contributed by atoms with Gasteiger partial charge in [-0.05, 0) is 23.6 Å². The molecule has 0 fully saturated rings. The van der Waals surface area contributed by atoms with E-state index in [-0.39, 0.29) is 12.3 Å². The second-order valence-electron chi connectivity index (χ2n) is 4.12. The molecule has 0 spiro atoms. The number of nitrogens with one attached hydrogen (secondary N) is 1. The molecule has 0 unspecified atom stereocenters. The Balaban J connectivity index is 2.18. The lowest BCUT2D eigenvalue weighted by Crippen LogP contribution is -2.29. The summed E-state index contributed by atoms with van der Waals surface area (Å²) < 4.78 is 0. The van der Waals surface area contributed by atoms with Gasteiger partial charge in [0.2, 0.25) is 0 Å². The molecule has 6 heteroatoms. The lowest BCUT2D eigenvalue weighted by Gasteiger charge is -2.16. The molecule has 20 heavy (non-hydrogen) atoms. The molecule has 0 bridgehead atoms. The van der Waals surface area contributed by atoms with E-state index in [0.29, 0.717) is 10.6 Å². The highest BCUT2D eigenvalue weighted by atomic mass is 35.5. The number of carbonyl (C=O) groups excluding carboxylic acids is 1. The summed E-state index contributed by atoms with van der Waals surface area (Å²) in [6.07, 6.45) is -0.170. The van der Waals surface area contributed by atoms with Crippen LogP contribution in [0.15, 0.2) is 41.8 Å². The minimum absolute atomic E-state index is 0.170. The number of rotatable bonds is 5. The van der Waals surface area contributed by atoms with E-state index >= 15 is 0 Å². The summed E-state index contributed by atoms with van der Waals surface area (Å²) in [5.74, 6) is -1.35. The van der Waals surface area contributed by atoms with Gasteiger partial charge in [-0.3, -0.25) is 9.59 Å². The second-order valence-corrected chi connectivity index (χ2v) is 5.51. The van der Waals surface area contributed by atoms with E-state index in [2.05, 4.69) is 5.32 Å². The molecule has 1 atom stereocenters. The number of carbonyl (C=O) groups is 2. The fourth-order valence-electron chi connectivity index (χ4n) is 1.77. The van der Waals surface area contributed by atoms with Gasteiger partial charge in [0.1, 0.15) is 0 Å². The van der Waals surface area contributed by atoms with Gasteiger partial charge in [0.25, 0.3) is 5.91 Å². The maximum atomic E-state index is 12.2. The molecule has 2 rings (SSSR count). The molecule has 1 aromatic heterocycles. The molecule has 2 aromatic rings. The molecular formula is C14H12ClNO3S. The standard InChI is InChI=1S/C14H12ClNO3S/c15-10-5-2-1-4-9(10)14(19)16-11(8-13(17)18)12-6-3-7-20-12/h1-7,11H,8H2,(H,16,19)(H,17,18)/t11-/m1/s1. The van der Waals surface area contributed by atoms with E-state index in [1.54, 1.807) is 30.3 Å². The van der Waals surface area contributed by atoms with Crippen molar-refractivity contribution in [2.24, 2.45) is 0 Å². The van der Waals surface area contributed by atoms with Crippen molar-refractivity contribution in [1.82, 2.24) is 5.32 Å². The van der Waals surface area contributed by atoms with Crippen molar-refractivity contribution in [2.75, 3.05) is 0 Å². The Morgan fingerprint density at radius 3 is 2.60 bits per heavy atom. The number of benzene rings is 1. The number of aliphatic carboxylic acids is 1. The van der Waals surface area contributed by atoms with Crippen molar-refractivity contribution >= 4 is 34.8 Å². The zero-order valence-electron chi connectivity index (χ0n) is 10.4. The van der Waals surface area contributed by atoms with E-state index in [9.17, 15) is 9.59 Å². The minimum atomic E-state index is -0.970. The number of carboxylic acids is 1. The van der Waals surface area contributed by atoms with E-state index in [1.165, 1.54) is 11.3 Å². The summed E-state index contributed by atoms with van der Waals surface area (Å²) in [5.41, 5.74) is 0.334. The summed E-state index contributed by atoms with van der Waals surface area (Å²) in [7, 11) is 0. The number of amides is 1. The fourth-order valence-corrected chi connectivity index (χ4v) is 2.77.